The molecule has 0 heterocycles. The van der Waals surface area contributed by atoms with Crippen molar-refractivity contribution in [2.75, 3.05) is 13.7 Å². The van der Waals surface area contributed by atoms with Crippen LogP contribution >= 0.6 is 0 Å². The van der Waals surface area contributed by atoms with Crippen LogP contribution in [-0.4, -0.2) is 24.8 Å². The van der Waals surface area contributed by atoms with Crippen molar-refractivity contribution in [3.8, 4) is 0 Å². The molecule has 0 aliphatic carbocycles. The van der Waals surface area contributed by atoms with Gasteiger partial charge in [0.2, 0.25) is 0 Å². The minimum Gasteiger partial charge on any atom is -0.463 e. The Hall–Kier alpha value is -0.830. The Bertz CT molecular complexity index is 215. The predicted molar refractivity (Wildman–Crippen MR) is 90.4 cm³/mol. The molecule has 0 fully saturated rings. The van der Waals surface area contributed by atoms with Gasteiger partial charge in [0.1, 0.15) is 0 Å². The molecule has 21 heavy (non-hydrogen) atoms. The van der Waals surface area contributed by atoms with E-state index in [0.29, 0.717) is 6.61 Å². The van der Waals surface area contributed by atoms with E-state index in [1.165, 1.54) is 76.7 Å². The van der Waals surface area contributed by atoms with E-state index in [1.807, 2.05) is 0 Å². The highest BCUT2D eigenvalue weighted by Gasteiger charge is 1.96. The number of aliphatic hydroxyl groups excluding tert-OH is 1. The summed E-state index contributed by atoms with van der Waals surface area (Å²) in [5, 5.41) is 7.00. The summed E-state index contributed by atoms with van der Waals surface area (Å²) in [6.07, 6.45) is 17.1. The predicted octanol–water partition coefficient (Wildman–Crippen LogP) is 5.03. The van der Waals surface area contributed by atoms with Crippen molar-refractivity contribution in [3.05, 3.63) is 12.7 Å². The lowest BCUT2D eigenvalue weighted by Gasteiger charge is -2.03. The third kappa shape index (κ3) is 21.6. The fraction of sp³-hybridized carbons (Fsp3) is 0.833. The molecule has 0 unspecified atom stereocenters. The zero-order chi connectivity index (χ0) is 16.2. The van der Waals surface area contributed by atoms with Crippen LogP contribution in [0.25, 0.3) is 0 Å². The van der Waals surface area contributed by atoms with Crippen molar-refractivity contribution >= 4 is 5.97 Å². The molecule has 0 aromatic rings. The molecule has 3 heteroatoms. The van der Waals surface area contributed by atoms with Gasteiger partial charge in [-0.25, -0.2) is 4.79 Å². The molecule has 0 aromatic heterocycles. The molecule has 0 aliphatic heterocycles. The fourth-order valence-electron chi connectivity index (χ4n) is 2.17. The summed E-state index contributed by atoms with van der Waals surface area (Å²) in [7, 11) is 1.00. The monoisotopic (exact) mass is 300 g/mol. The van der Waals surface area contributed by atoms with Crippen LogP contribution in [0.15, 0.2) is 12.7 Å². The van der Waals surface area contributed by atoms with E-state index in [1.54, 1.807) is 0 Å². The highest BCUT2D eigenvalue weighted by Crippen LogP contribution is 2.11. The van der Waals surface area contributed by atoms with Gasteiger partial charge in [0, 0.05) is 13.2 Å². The Labute approximate surface area is 131 Å². The summed E-state index contributed by atoms with van der Waals surface area (Å²) < 4.78 is 4.93. The maximum absolute atomic E-state index is 10.8. The molecule has 3 nitrogen and oxygen atoms in total. The number of ether oxygens (including phenoxy) is 1. The molecule has 0 rings (SSSR count). The molecule has 0 saturated heterocycles. The normalized spacial score (nSPS) is 9.67. The molecule has 0 saturated carbocycles. The van der Waals surface area contributed by atoms with E-state index in [4.69, 9.17) is 9.84 Å². The second-order valence-corrected chi connectivity index (χ2v) is 5.26. The summed E-state index contributed by atoms with van der Waals surface area (Å²) in [6.45, 7) is 6.17. The number of esters is 1. The molecule has 0 atom stereocenters. The van der Waals surface area contributed by atoms with Crippen LogP contribution in [0.3, 0.4) is 0 Å². The molecule has 1 N–H and O–H groups in total. The molecule has 0 spiro atoms. The summed E-state index contributed by atoms with van der Waals surface area (Å²) in [4.78, 5) is 10.8. The van der Waals surface area contributed by atoms with Crippen LogP contribution in [0, 0.1) is 0 Å². The van der Waals surface area contributed by atoms with Crippen molar-refractivity contribution in [3.63, 3.8) is 0 Å². The number of hydrogen-bond acceptors (Lipinski definition) is 3. The average molecular weight is 300 g/mol. The smallest absolute Gasteiger partial charge is 0.330 e. The van der Waals surface area contributed by atoms with Crippen molar-refractivity contribution < 1.29 is 14.6 Å². The topological polar surface area (TPSA) is 46.5 Å². The standard InChI is InChI=1S/C17H32O2.CH4O/c1-3-5-6-7-8-9-10-11-12-13-14-15-16-19-17(18)4-2;1-2/h4H,2-3,5-16H2,1H3;2H,1H3. The highest BCUT2D eigenvalue weighted by molar-refractivity contribution is 5.81. The zero-order valence-corrected chi connectivity index (χ0v) is 14.2. The Balaban J connectivity index is 0. The summed E-state index contributed by atoms with van der Waals surface area (Å²) in [6, 6.07) is 0. The third-order valence-electron chi connectivity index (χ3n) is 3.41. The van der Waals surface area contributed by atoms with Gasteiger partial charge in [-0.05, 0) is 6.42 Å². The zero-order valence-electron chi connectivity index (χ0n) is 14.2. The van der Waals surface area contributed by atoms with Gasteiger partial charge in [-0.2, -0.15) is 0 Å². The molecular formula is C18H36O3. The van der Waals surface area contributed by atoms with E-state index in [2.05, 4.69) is 13.5 Å². The molecule has 0 aliphatic rings. The lowest BCUT2D eigenvalue weighted by Crippen LogP contribution is -2.01. The van der Waals surface area contributed by atoms with Gasteiger partial charge < -0.3 is 9.84 Å². The first-order valence-electron chi connectivity index (χ1n) is 8.55. The lowest BCUT2D eigenvalue weighted by molar-refractivity contribution is -0.137. The van der Waals surface area contributed by atoms with Crippen molar-refractivity contribution in [2.24, 2.45) is 0 Å². The van der Waals surface area contributed by atoms with Gasteiger partial charge in [-0.1, -0.05) is 84.1 Å². The fourth-order valence-corrected chi connectivity index (χ4v) is 2.17. The van der Waals surface area contributed by atoms with Crippen molar-refractivity contribution in [1.82, 2.24) is 0 Å². The summed E-state index contributed by atoms with van der Waals surface area (Å²) >= 11 is 0. The maximum Gasteiger partial charge on any atom is 0.330 e. The molecule has 0 aromatic carbocycles. The Kier molecular flexibility index (Phi) is 23.0. The molecule has 0 radical (unpaired) electrons. The van der Waals surface area contributed by atoms with Crippen LogP contribution in [0.2, 0.25) is 0 Å². The first kappa shape index (κ1) is 22.5. The minimum atomic E-state index is -0.303. The minimum absolute atomic E-state index is 0.303. The van der Waals surface area contributed by atoms with Gasteiger partial charge >= 0.3 is 5.97 Å². The first-order chi connectivity index (χ1) is 10.3. The van der Waals surface area contributed by atoms with Crippen molar-refractivity contribution in [1.29, 1.82) is 0 Å². The molecule has 0 amide bonds. The second-order valence-electron chi connectivity index (χ2n) is 5.26. The van der Waals surface area contributed by atoms with Crippen LogP contribution in [0.5, 0.6) is 0 Å². The Morgan fingerprint density at radius 3 is 1.62 bits per heavy atom. The van der Waals surface area contributed by atoms with Gasteiger partial charge in [-0.15, -0.1) is 0 Å². The van der Waals surface area contributed by atoms with Crippen LogP contribution in [-0.2, 0) is 9.53 Å². The lowest BCUT2D eigenvalue weighted by atomic mass is 10.1. The average Bonchev–Trinajstić information content (AvgIpc) is 2.53. The van der Waals surface area contributed by atoms with Crippen LogP contribution < -0.4 is 0 Å². The van der Waals surface area contributed by atoms with Gasteiger partial charge in [0.15, 0.2) is 0 Å². The summed E-state index contributed by atoms with van der Waals surface area (Å²) in [5.41, 5.74) is 0. The number of carbonyl (C=O) groups excluding carboxylic acids is 1. The number of unbranched alkanes of at least 4 members (excludes halogenated alkanes) is 11. The van der Waals surface area contributed by atoms with Crippen LogP contribution in [0.1, 0.15) is 84.0 Å². The van der Waals surface area contributed by atoms with E-state index >= 15 is 0 Å². The number of hydrogen-bond donors (Lipinski definition) is 1. The molecule has 0 bridgehead atoms. The van der Waals surface area contributed by atoms with Crippen molar-refractivity contribution in [2.45, 2.75) is 84.0 Å². The van der Waals surface area contributed by atoms with Gasteiger partial charge in [0.05, 0.1) is 6.61 Å². The quantitative estimate of drug-likeness (QED) is 0.278. The van der Waals surface area contributed by atoms with E-state index in [-0.39, 0.29) is 5.97 Å². The molecular weight excluding hydrogens is 264 g/mol. The third-order valence-corrected chi connectivity index (χ3v) is 3.41. The summed E-state index contributed by atoms with van der Waals surface area (Å²) in [5.74, 6) is -0.303. The van der Waals surface area contributed by atoms with Gasteiger partial charge in [-0.3, -0.25) is 0 Å². The number of carbonyl (C=O) groups is 1. The number of rotatable bonds is 14. The van der Waals surface area contributed by atoms with E-state index < -0.39 is 0 Å². The van der Waals surface area contributed by atoms with Crippen LogP contribution in [0.4, 0.5) is 0 Å². The Morgan fingerprint density at radius 2 is 1.24 bits per heavy atom. The Morgan fingerprint density at radius 1 is 0.857 bits per heavy atom. The molecule has 126 valence electrons. The van der Waals surface area contributed by atoms with E-state index in [9.17, 15) is 4.79 Å². The number of aliphatic hydroxyl groups is 1. The largest absolute Gasteiger partial charge is 0.463 e. The maximum atomic E-state index is 10.8. The van der Waals surface area contributed by atoms with Gasteiger partial charge in [0.25, 0.3) is 0 Å². The highest BCUT2D eigenvalue weighted by atomic mass is 16.5. The first-order valence-corrected chi connectivity index (χ1v) is 8.55. The second kappa shape index (κ2) is 21.5. The SMILES string of the molecule is C=CC(=O)OCCCCCCCCCCCCCC.CO. The van der Waals surface area contributed by atoms with E-state index in [0.717, 1.165) is 13.5 Å².